The summed E-state index contributed by atoms with van der Waals surface area (Å²) in [5, 5.41) is 16.1. The predicted molar refractivity (Wildman–Crippen MR) is 104 cm³/mol. The number of rotatable bonds is 5. The van der Waals surface area contributed by atoms with Crippen LogP contribution in [0.2, 0.25) is 0 Å². The Kier molecular flexibility index (Phi) is 5.10. The SMILES string of the molecule is Cc1cc(NC(=O)CN2CCN(Cc3cn4ccccc4c3C#N)CC2)no1. The third kappa shape index (κ3) is 3.91. The summed E-state index contributed by atoms with van der Waals surface area (Å²) in [5.74, 6) is 1.03. The molecule has 28 heavy (non-hydrogen) atoms. The van der Waals surface area contributed by atoms with Crippen molar-refractivity contribution in [2.75, 3.05) is 38.0 Å². The number of carbonyl (C=O) groups is 1. The summed E-state index contributed by atoms with van der Waals surface area (Å²) in [6.45, 7) is 6.18. The lowest BCUT2D eigenvalue weighted by molar-refractivity contribution is -0.117. The highest BCUT2D eigenvalue weighted by Gasteiger charge is 2.21. The standard InChI is InChI=1S/C20H22N6O2/c1-15-10-19(23-28-15)22-20(27)14-25-8-6-24(7-9-25)12-16-13-26-5-3-2-4-18(26)17(16)11-21/h2-5,10,13H,6-9,12,14H2,1H3,(H,22,23,27). The fourth-order valence-electron chi connectivity index (χ4n) is 3.58. The van der Waals surface area contributed by atoms with Crippen molar-refractivity contribution in [2.24, 2.45) is 0 Å². The van der Waals surface area contributed by atoms with Crippen molar-refractivity contribution in [3.05, 3.63) is 53.5 Å². The fourth-order valence-corrected chi connectivity index (χ4v) is 3.58. The van der Waals surface area contributed by atoms with Gasteiger partial charge in [0.15, 0.2) is 5.82 Å². The zero-order chi connectivity index (χ0) is 19.5. The van der Waals surface area contributed by atoms with Gasteiger partial charge in [-0.1, -0.05) is 11.2 Å². The van der Waals surface area contributed by atoms with Gasteiger partial charge in [-0.25, -0.2) is 0 Å². The number of pyridine rings is 1. The van der Waals surface area contributed by atoms with Gasteiger partial charge in [0.25, 0.3) is 0 Å². The summed E-state index contributed by atoms with van der Waals surface area (Å²) in [7, 11) is 0. The third-order valence-electron chi connectivity index (χ3n) is 5.00. The number of nitrogens with one attached hydrogen (secondary N) is 1. The Morgan fingerprint density at radius 2 is 2.07 bits per heavy atom. The molecule has 1 fully saturated rings. The van der Waals surface area contributed by atoms with Crippen LogP contribution in [0.4, 0.5) is 5.82 Å². The molecule has 0 spiro atoms. The van der Waals surface area contributed by atoms with Crippen LogP contribution in [0.5, 0.6) is 0 Å². The lowest BCUT2D eigenvalue weighted by atomic mass is 10.1. The third-order valence-corrected chi connectivity index (χ3v) is 5.00. The molecule has 0 aliphatic carbocycles. The number of nitriles is 1. The summed E-state index contributed by atoms with van der Waals surface area (Å²) in [4.78, 5) is 16.6. The van der Waals surface area contributed by atoms with Crippen LogP contribution in [0.3, 0.4) is 0 Å². The lowest BCUT2D eigenvalue weighted by Gasteiger charge is -2.34. The van der Waals surface area contributed by atoms with E-state index >= 15 is 0 Å². The largest absolute Gasteiger partial charge is 0.360 e. The zero-order valence-corrected chi connectivity index (χ0v) is 15.8. The van der Waals surface area contributed by atoms with E-state index in [1.54, 1.807) is 13.0 Å². The minimum absolute atomic E-state index is 0.0906. The van der Waals surface area contributed by atoms with Crippen LogP contribution in [-0.2, 0) is 11.3 Å². The molecule has 0 aromatic carbocycles. The number of nitrogens with zero attached hydrogens (tertiary/aromatic N) is 5. The molecule has 8 heteroatoms. The van der Waals surface area contributed by atoms with Gasteiger partial charge >= 0.3 is 0 Å². The molecule has 1 amide bonds. The van der Waals surface area contributed by atoms with Crippen LogP contribution in [0, 0.1) is 18.3 Å². The normalized spacial score (nSPS) is 15.6. The van der Waals surface area contributed by atoms with E-state index in [1.807, 2.05) is 35.0 Å². The number of piperazine rings is 1. The summed E-state index contributed by atoms with van der Waals surface area (Å²) >= 11 is 0. The van der Waals surface area contributed by atoms with E-state index < -0.39 is 0 Å². The number of aryl methyl sites for hydroxylation is 1. The van der Waals surface area contributed by atoms with Crippen LogP contribution in [0.25, 0.3) is 5.52 Å². The fraction of sp³-hybridized carbons (Fsp3) is 0.350. The highest BCUT2D eigenvalue weighted by molar-refractivity contribution is 5.91. The van der Waals surface area contributed by atoms with Gasteiger partial charge in [-0.2, -0.15) is 5.26 Å². The summed E-state index contributed by atoms with van der Waals surface area (Å²) in [6, 6.07) is 9.92. The summed E-state index contributed by atoms with van der Waals surface area (Å²) in [6.07, 6.45) is 4.00. The molecule has 144 valence electrons. The van der Waals surface area contributed by atoms with Crippen LogP contribution >= 0.6 is 0 Å². The molecule has 1 aliphatic rings. The van der Waals surface area contributed by atoms with Crippen molar-refractivity contribution in [1.82, 2.24) is 19.4 Å². The molecule has 0 bridgehead atoms. The summed E-state index contributed by atoms with van der Waals surface area (Å²) in [5.41, 5.74) is 2.73. The first kappa shape index (κ1) is 18.2. The molecule has 0 radical (unpaired) electrons. The minimum Gasteiger partial charge on any atom is -0.360 e. The molecule has 1 aliphatic heterocycles. The zero-order valence-electron chi connectivity index (χ0n) is 15.8. The van der Waals surface area contributed by atoms with E-state index in [1.165, 1.54) is 0 Å². The maximum absolute atomic E-state index is 12.2. The van der Waals surface area contributed by atoms with Crippen LogP contribution < -0.4 is 5.32 Å². The molecule has 4 rings (SSSR count). The van der Waals surface area contributed by atoms with Gasteiger partial charge in [-0.3, -0.25) is 14.6 Å². The number of hydrogen-bond donors (Lipinski definition) is 1. The number of aromatic nitrogens is 2. The summed E-state index contributed by atoms with van der Waals surface area (Å²) < 4.78 is 6.96. The first-order valence-corrected chi connectivity index (χ1v) is 9.29. The van der Waals surface area contributed by atoms with Gasteiger partial charge in [-0.05, 0) is 19.1 Å². The average molecular weight is 378 g/mol. The maximum atomic E-state index is 12.2. The minimum atomic E-state index is -0.0906. The Labute approximate surface area is 162 Å². The van der Waals surface area contributed by atoms with Crippen molar-refractivity contribution in [3.8, 4) is 6.07 Å². The van der Waals surface area contributed by atoms with Crippen molar-refractivity contribution >= 4 is 17.2 Å². The van der Waals surface area contributed by atoms with E-state index in [0.29, 0.717) is 18.1 Å². The highest BCUT2D eigenvalue weighted by atomic mass is 16.5. The second kappa shape index (κ2) is 7.84. The molecule has 4 heterocycles. The van der Waals surface area contributed by atoms with Gasteiger partial charge in [0.2, 0.25) is 5.91 Å². The van der Waals surface area contributed by atoms with E-state index in [0.717, 1.165) is 49.4 Å². The molecule has 3 aromatic heterocycles. The van der Waals surface area contributed by atoms with E-state index in [-0.39, 0.29) is 5.91 Å². The van der Waals surface area contributed by atoms with E-state index in [2.05, 4.69) is 26.3 Å². The number of hydrogen-bond acceptors (Lipinski definition) is 6. The lowest BCUT2D eigenvalue weighted by Crippen LogP contribution is -2.48. The number of amides is 1. The van der Waals surface area contributed by atoms with Crippen LogP contribution in [-0.4, -0.2) is 58.0 Å². The predicted octanol–water partition coefficient (Wildman–Crippen LogP) is 1.86. The first-order chi connectivity index (χ1) is 13.6. The van der Waals surface area contributed by atoms with Crippen LogP contribution in [0.1, 0.15) is 16.9 Å². The molecule has 1 saturated heterocycles. The smallest absolute Gasteiger partial charge is 0.239 e. The molecular weight excluding hydrogens is 356 g/mol. The Morgan fingerprint density at radius 3 is 2.79 bits per heavy atom. The molecule has 3 aromatic rings. The molecule has 0 unspecified atom stereocenters. The molecule has 1 N–H and O–H groups in total. The molecule has 0 atom stereocenters. The van der Waals surface area contributed by atoms with Gasteiger partial charge in [-0.15, -0.1) is 0 Å². The number of carbonyl (C=O) groups excluding carboxylic acids is 1. The van der Waals surface area contributed by atoms with Gasteiger partial charge in [0, 0.05) is 56.7 Å². The molecule has 8 nitrogen and oxygen atoms in total. The Bertz CT molecular complexity index is 1020. The topological polar surface area (TPSA) is 89.8 Å². The Balaban J connectivity index is 1.31. The quantitative estimate of drug-likeness (QED) is 0.729. The second-order valence-electron chi connectivity index (χ2n) is 7.06. The van der Waals surface area contributed by atoms with Crippen LogP contribution in [0.15, 0.2) is 41.2 Å². The Hall–Kier alpha value is -3.15. The Morgan fingerprint density at radius 1 is 1.29 bits per heavy atom. The van der Waals surface area contributed by atoms with Crippen molar-refractivity contribution < 1.29 is 9.32 Å². The molecular formula is C20H22N6O2. The van der Waals surface area contributed by atoms with E-state index in [4.69, 9.17) is 4.52 Å². The van der Waals surface area contributed by atoms with Crippen molar-refractivity contribution in [3.63, 3.8) is 0 Å². The van der Waals surface area contributed by atoms with Gasteiger partial charge in [0.05, 0.1) is 17.6 Å². The average Bonchev–Trinajstić information content (AvgIpc) is 3.25. The monoisotopic (exact) mass is 378 g/mol. The first-order valence-electron chi connectivity index (χ1n) is 9.29. The molecule has 0 saturated carbocycles. The van der Waals surface area contributed by atoms with Crippen molar-refractivity contribution in [1.29, 1.82) is 5.26 Å². The maximum Gasteiger partial charge on any atom is 0.239 e. The number of fused-ring (bicyclic) bond motifs is 1. The van der Waals surface area contributed by atoms with Gasteiger partial charge in [0.1, 0.15) is 11.8 Å². The van der Waals surface area contributed by atoms with E-state index in [9.17, 15) is 10.1 Å². The second-order valence-corrected chi connectivity index (χ2v) is 7.06. The number of anilines is 1. The highest BCUT2D eigenvalue weighted by Crippen LogP contribution is 2.20. The van der Waals surface area contributed by atoms with Crippen molar-refractivity contribution in [2.45, 2.75) is 13.5 Å². The van der Waals surface area contributed by atoms with Gasteiger partial charge < -0.3 is 14.2 Å².